The van der Waals surface area contributed by atoms with Gasteiger partial charge in [-0.1, -0.05) is 18.2 Å². The third-order valence-electron chi connectivity index (χ3n) is 3.83. The number of halogens is 3. The summed E-state index contributed by atoms with van der Waals surface area (Å²) in [6.45, 7) is 0.236. The van der Waals surface area contributed by atoms with Crippen molar-refractivity contribution in [1.82, 2.24) is 9.97 Å². The Labute approximate surface area is 185 Å². The van der Waals surface area contributed by atoms with Crippen molar-refractivity contribution in [2.45, 2.75) is 6.61 Å². The number of nitrogens with zero attached hydrogens (tertiary/aromatic N) is 2. The topological polar surface area (TPSA) is 118 Å². The molecule has 30 heavy (non-hydrogen) atoms. The van der Waals surface area contributed by atoms with Gasteiger partial charge in [-0.05, 0) is 73.3 Å². The number of aromatic amines is 1. The largest absolute Gasteiger partial charge is 0.488 e. The molecule has 1 heterocycles. The van der Waals surface area contributed by atoms with Crippen LogP contribution < -0.4 is 10.3 Å². The number of hydrogen-bond donors (Lipinski definition) is 2. The average molecular weight is 541 g/mol. The summed E-state index contributed by atoms with van der Waals surface area (Å²) in [5, 5.41) is 20.3. The van der Waals surface area contributed by atoms with Gasteiger partial charge in [-0.3, -0.25) is 14.9 Å². The summed E-state index contributed by atoms with van der Waals surface area (Å²) >= 11 is 6.84. The minimum absolute atomic E-state index is 0.0491. The Morgan fingerprint density at radius 3 is 2.40 bits per heavy atom. The number of ether oxygens (including phenoxy) is 1. The first-order valence-electron chi connectivity index (χ1n) is 8.26. The summed E-state index contributed by atoms with van der Waals surface area (Å²) in [6, 6.07) is 9.44. The lowest BCUT2D eigenvalue weighted by molar-refractivity contribution is -0.387. The fraction of sp³-hybridized carbons (Fsp3) is 0.0526. The van der Waals surface area contributed by atoms with Gasteiger partial charge in [-0.2, -0.15) is 4.98 Å². The predicted octanol–water partition coefficient (Wildman–Crippen LogP) is 4.80. The molecule has 11 heteroatoms. The van der Waals surface area contributed by atoms with Crippen LogP contribution in [0.1, 0.15) is 17.0 Å². The third kappa shape index (κ3) is 5.10. The molecule has 3 rings (SSSR count). The van der Waals surface area contributed by atoms with E-state index in [1.54, 1.807) is 30.3 Å². The molecular weight excluding hydrogens is 529 g/mol. The zero-order valence-corrected chi connectivity index (χ0v) is 18.1. The number of hydrogen-bond acceptors (Lipinski definition) is 6. The maximum Gasteiger partial charge on any atom is 0.395 e. The summed E-state index contributed by atoms with van der Waals surface area (Å²) < 4.78 is 20.0. The quantitative estimate of drug-likeness (QED) is 0.342. The van der Waals surface area contributed by atoms with E-state index in [1.165, 1.54) is 18.2 Å². The fourth-order valence-corrected chi connectivity index (χ4v) is 3.89. The van der Waals surface area contributed by atoms with Gasteiger partial charge in [0.15, 0.2) is 0 Å². The molecule has 2 aromatic carbocycles. The van der Waals surface area contributed by atoms with Crippen LogP contribution in [0.15, 0.2) is 50.1 Å². The van der Waals surface area contributed by atoms with E-state index in [0.29, 0.717) is 20.3 Å². The van der Waals surface area contributed by atoms with Gasteiger partial charge in [0.2, 0.25) is 0 Å². The standard InChI is InChI=1S/C19H12Br2FN3O5/c20-13-7-11(3-6-15-23-18(26)16(25(28)29)19(27)24-15)8-14(21)17(13)30-9-10-1-4-12(22)5-2-10/h1-8H,9H2,(H2,23,24,26,27)/b6-3-. The molecule has 0 amide bonds. The van der Waals surface area contributed by atoms with Gasteiger partial charge in [0.25, 0.3) is 5.88 Å². The van der Waals surface area contributed by atoms with Crippen LogP contribution in [-0.2, 0) is 6.61 Å². The van der Waals surface area contributed by atoms with Crippen molar-refractivity contribution in [2.24, 2.45) is 0 Å². The molecule has 0 aliphatic heterocycles. The molecule has 8 nitrogen and oxygen atoms in total. The smallest absolute Gasteiger partial charge is 0.395 e. The maximum absolute atomic E-state index is 13.0. The van der Waals surface area contributed by atoms with E-state index in [1.807, 2.05) is 0 Å². The fourth-order valence-electron chi connectivity index (χ4n) is 2.44. The normalized spacial score (nSPS) is 11.0. The molecule has 3 aromatic rings. The summed E-state index contributed by atoms with van der Waals surface area (Å²) in [5.74, 6) is -0.798. The summed E-state index contributed by atoms with van der Waals surface area (Å²) in [6.07, 6.45) is 2.97. The monoisotopic (exact) mass is 539 g/mol. The number of nitrogens with one attached hydrogen (secondary N) is 1. The molecule has 2 N–H and O–H groups in total. The van der Waals surface area contributed by atoms with Crippen LogP contribution in [0, 0.1) is 15.9 Å². The first kappa shape index (κ1) is 21.7. The third-order valence-corrected chi connectivity index (χ3v) is 5.01. The van der Waals surface area contributed by atoms with Crippen molar-refractivity contribution >= 4 is 49.7 Å². The SMILES string of the molecule is O=c1[nH]c(/C=C\c2cc(Br)c(OCc3ccc(F)cc3)c(Br)c2)nc(O)c1[N+](=O)[O-]. The van der Waals surface area contributed by atoms with E-state index in [9.17, 15) is 24.4 Å². The predicted molar refractivity (Wildman–Crippen MR) is 115 cm³/mol. The molecule has 154 valence electrons. The van der Waals surface area contributed by atoms with Crippen LogP contribution in [0.5, 0.6) is 11.6 Å². The van der Waals surface area contributed by atoms with Gasteiger partial charge in [-0.25, -0.2) is 4.39 Å². The second-order valence-electron chi connectivity index (χ2n) is 5.94. The van der Waals surface area contributed by atoms with Gasteiger partial charge >= 0.3 is 11.2 Å². The molecule has 0 aliphatic rings. The Balaban J connectivity index is 1.79. The van der Waals surface area contributed by atoms with E-state index in [-0.39, 0.29) is 18.2 Å². The Morgan fingerprint density at radius 1 is 1.20 bits per heavy atom. The number of benzene rings is 2. The minimum atomic E-state index is -1.06. The highest BCUT2D eigenvalue weighted by atomic mass is 79.9. The Kier molecular flexibility index (Phi) is 6.63. The van der Waals surface area contributed by atoms with Crippen LogP contribution in [0.3, 0.4) is 0 Å². The number of aromatic nitrogens is 2. The van der Waals surface area contributed by atoms with Crippen molar-refractivity contribution in [2.75, 3.05) is 0 Å². The molecule has 0 spiro atoms. The van der Waals surface area contributed by atoms with E-state index >= 15 is 0 Å². The van der Waals surface area contributed by atoms with Crippen molar-refractivity contribution in [3.05, 3.63) is 88.6 Å². The Morgan fingerprint density at radius 2 is 1.83 bits per heavy atom. The Hall–Kier alpha value is -3.05. The number of nitro groups is 1. The second-order valence-corrected chi connectivity index (χ2v) is 7.65. The van der Waals surface area contributed by atoms with Crippen LogP contribution >= 0.6 is 31.9 Å². The lowest BCUT2D eigenvalue weighted by atomic mass is 10.2. The maximum atomic E-state index is 13.0. The number of H-pyrrole nitrogens is 1. The highest BCUT2D eigenvalue weighted by Crippen LogP contribution is 2.36. The van der Waals surface area contributed by atoms with Gasteiger partial charge in [-0.15, -0.1) is 0 Å². The van der Waals surface area contributed by atoms with E-state index in [4.69, 9.17) is 4.74 Å². The first-order chi connectivity index (χ1) is 14.2. The molecule has 0 fully saturated rings. The molecule has 0 saturated heterocycles. The molecule has 0 radical (unpaired) electrons. The van der Waals surface area contributed by atoms with Crippen LogP contribution in [0.2, 0.25) is 0 Å². The average Bonchev–Trinajstić information content (AvgIpc) is 2.66. The van der Waals surface area contributed by atoms with E-state index in [0.717, 1.165) is 5.56 Å². The van der Waals surface area contributed by atoms with Gasteiger partial charge < -0.3 is 14.8 Å². The molecule has 0 aliphatic carbocycles. The molecular formula is C19H12Br2FN3O5. The molecule has 0 unspecified atom stereocenters. The van der Waals surface area contributed by atoms with Gasteiger partial charge in [0.05, 0.1) is 13.9 Å². The molecule has 0 bridgehead atoms. The van der Waals surface area contributed by atoms with Crippen molar-refractivity contribution in [1.29, 1.82) is 0 Å². The van der Waals surface area contributed by atoms with Crippen molar-refractivity contribution in [3.63, 3.8) is 0 Å². The molecule has 0 saturated carbocycles. The summed E-state index contributed by atoms with van der Waals surface area (Å²) in [7, 11) is 0. The van der Waals surface area contributed by atoms with Gasteiger partial charge in [0.1, 0.15) is 24.0 Å². The number of rotatable bonds is 6. The van der Waals surface area contributed by atoms with Gasteiger partial charge in [0, 0.05) is 0 Å². The Bertz CT molecular complexity index is 1170. The minimum Gasteiger partial charge on any atom is -0.488 e. The van der Waals surface area contributed by atoms with Crippen molar-refractivity contribution in [3.8, 4) is 11.6 Å². The van der Waals surface area contributed by atoms with Crippen LogP contribution in [0.25, 0.3) is 12.2 Å². The summed E-state index contributed by atoms with van der Waals surface area (Å²) in [4.78, 5) is 27.2. The number of aromatic hydroxyl groups is 1. The van der Waals surface area contributed by atoms with Crippen LogP contribution in [-0.4, -0.2) is 20.0 Å². The highest BCUT2D eigenvalue weighted by Gasteiger charge is 2.21. The van der Waals surface area contributed by atoms with Crippen molar-refractivity contribution < 1.29 is 19.2 Å². The zero-order valence-electron chi connectivity index (χ0n) is 14.9. The lowest BCUT2D eigenvalue weighted by Crippen LogP contribution is -2.14. The molecule has 1 aromatic heterocycles. The summed E-state index contributed by atoms with van der Waals surface area (Å²) in [5.41, 5.74) is -0.588. The molecule has 0 atom stereocenters. The van der Waals surface area contributed by atoms with E-state index in [2.05, 4.69) is 41.8 Å². The highest BCUT2D eigenvalue weighted by molar-refractivity contribution is 9.11. The lowest BCUT2D eigenvalue weighted by Gasteiger charge is -2.11. The van der Waals surface area contributed by atoms with Crippen LogP contribution in [0.4, 0.5) is 10.1 Å². The second kappa shape index (κ2) is 9.18. The zero-order chi connectivity index (χ0) is 21.8. The van der Waals surface area contributed by atoms with E-state index < -0.39 is 22.0 Å². The first-order valence-corrected chi connectivity index (χ1v) is 9.85.